The molecule has 0 saturated heterocycles. The average Bonchev–Trinajstić information content (AvgIpc) is 2.13. The quantitative estimate of drug-likeness (QED) is 0.240. The molecule has 1 rings (SSSR count). The number of rotatable bonds is 1. The van der Waals surface area contributed by atoms with E-state index in [2.05, 4.69) is 17.9 Å². The van der Waals surface area contributed by atoms with Gasteiger partial charge in [-0.05, 0) is 18.4 Å². The molecule has 0 bridgehead atoms. The first-order valence-electron chi connectivity index (χ1n) is 3.46. The van der Waals surface area contributed by atoms with Crippen molar-refractivity contribution in [3.63, 3.8) is 0 Å². The third-order valence-corrected chi connectivity index (χ3v) is 1.93. The fourth-order valence-electron chi connectivity index (χ4n) is 1.43. The first-order valence-corrected chi connectivity index (χ1v) is 3.46. The van der Waals surface area contributed by atoms with E-state index in [-0.39, 0.29) is 6.04 Å². The van der Waals surface area contributed by atoms with Crippen LogP contribution in [0.5, 0.6) is 0 Å². The van der Waals surface area contributed by atoms with Crippen LogP contribution in [0, 0.1) is 0 Å². The maximum Gasteiger partial charge on any atom is 0.105 e. The summed E-state index contributed by atoms with van der Waals surface area (Å²) in [4.78, 5) is 2.67. The Morgan fingerprint density at radius 3 is 2.70 bits per heavy atom. The number of aliphatic hydroxyl groups is 1. The van der Waals surface area contributed by atoms with E-state index in [9.17, 15) is 5.11 Å². The van der Waals surface area contributed by atoms with Crippen molar-refractivity contribution in [2.45, 2.75) is 30.8 Å². The highest BCUT2D eigenvalue weighted by molar-refractivity contribution is 6.11. The fraction of sp³-hybridized carbons (Fsp3) is 1.00. The Hall–Kier alpha value is -0.665. The van der Waals surface area contributed by atoms with E-state index in [1.165, 1.54) is 0 Å². The number of azide groups is 1. The maximum atomic E-state index is 9.23. The Bertz CT molecular complexity index is 168. The van der Waals surface area contributed by atoms with Crippen LogP contribution in [0.2, 0.25) is 5.82 Å². The van der Waals surface area contributed by atoms with Crippen LogP contribution in [0.15, 0.2) is 5.11 Å². The smallest absolute Gasteiger partial charge is 0.105 e. The molecule has 4 nitrogen and oxygen atoms in total. The van der Waals surface area contributed by atoms with Gasteiger partial charge in [0.15, 0.2) is 0 Å². The molecule has 1 saturated carbocycles. The molecule has 0 aliphatic heterocycles. The average molecular weight is 139 g/mol. The highest BCUT2D eigenvalue weighted by Crippen LogP contribution is 2.30. The number of hydrogen-bond acceptors (Lipinski definition) is 2. The highest BCUT2D eigenvalue weighted by atomic mass is 16.3. The monoisotopic (exact) mass is 139 g/mol. The fourth-order valence-corrected chi connectivity index (χ4v) is 1.43. The molecule has 0 spiro atoms. The number of aliphatic hydroxyl groups excluding tert-OH is 1. The van der Waals surface area contributed by atoms with Gasteiger partial charge in [0.2, 0.25) is 0 Å². The lowest BCUT2D eigenvalue weighted by Crippen LogP contribution is -2.15. The molecule has 1 aliphatic rings. The van der Waals surface area contributed by atoms with Crippen LogP contribution in [0.3, 0.4) is 0 Å². The predicted molar refractivity (Wildman–Crippen MR) is 40.5 cm³/mol. The largest absolute Gasteiger partial charge is 0.393 e. The van der Waals surface area contributed by atoms with E-state index >= 15 is 0 Å². The second-order valence-electron chi connectivity index (χ2n) is 2.92. The standard InChI is InChI=1S/C5H10BN3O/c6-3-1-4(8-9-7)5(10)2-3/h3-5,10H,1-2,6H2. The van der Waals surface area contributed by atoms with Crippen LogP contribution in [0.4, 0.5) is 0 Å². The molecule has 3 unspecified atom stereocenters. The minimum Gasteiger partial charge on any atom is -0.393 e. The first-order chi connectivity index (χ1) is 4.74. The minimum atomic E-state index is -0.411. The SMILES string of the molecule is BC1CC(O)C(N=[N+]=[N-])C1. The van der Waals surface area contributed by atoms with Gasteiger partial charge in [-0.1, -0.05) is 10.9 Å². The van der Waals surface area contributed by atoms with Gasteiger partial charge in [-0.2, -0.15) is 0 Å². The Labute approximate surface area is 60.3 Å². The topological polar surface area (TPSA) is 69.0 Å². The minimum absolute atomic E-state index is 0.181. The molecule has 5 heteroatoms. The summed E-state index contributed by atoms with van der Waals surface area (Å²) in [6.45, 7) is 0. The molecule has 0 aromatic rings. The van der Waals surface area contributed by atoms with Crippen LogP contribution >= 0.6 is 0 Å². The molecule has 0 heterocycles. The van der Waals surface area contributed by atoms with Crippen LogP contribution in [-0.2, 0) is 0 Å². The molecule has 54 valence electrons. The van der Waals surface area contributed by atoms with Gasteiger partial charge >= 0.3 is 0 Å². The lowest BCUT2D eigenvalue weighted by atomic mass is 9.86. The summed E-state index contributed by atoms with van der Waals surface area (Å²) >= 11 is 0. The molecule has 0 aromatic carbocycles. The Balaban J connectivity index is 2.54. The van der Waals surface area contributed by atoms with Gasteiger partial charge in [0.05, 0.1) is 12.1 Å². The zero-order valence-electron chi connectivity index (χ0n) is 5.94. The van der Waals surface area contributed by atoms with Crippen molar-refractivity contribution in [1.82, 2.24) is 0 Å². The van der Waals surface area contributed by atoms with E-state index in [0.717, 1.165) is 12.8 Å². The van der Waals surface area contributed by atoms with E-state index in [0.29, 0.717) is 5.82 Å². The third kappa shape index (κ3) is 1.43. The van der Waals surface area contributed by atoms with Gasteiger partial charge in [0.25, 0.3) is 0 Å². The summed E-state index contributed by atoms with van der Waals surface area (Å²) in [5.74, 6) is 0.491. The van der Waals surface area contributed by atoms with Gasteiger partial charge in [-0.25, -0.2) is 0 Å². The Morgan fingerprint density at radius 1 is 1.60 bits per heavy atom. The van der Waals surface area contributed by atoms with Gasteiger partial charge in [-0.15, -0.1) is 0 Å². The summed E-state index contributed by atoms with van der Waals surface area (Å²) in [5.41, 5.74) is 8.08. The summed E-state index contributed by atoms with van der Waals surface area (Å²) in [5, 5.41) is 12.7. The van der Waals surface area contributed by atoms with Crippen LogP contribution < -0.4 is 0 Å². The molecule has 0 amide bonds. The van der Waals surface area contributed by atoms with Gasteiger partial charge < -0.3 is 5.11 Å². The summed E-state index contributed by atoms with van der Waals surface area (Å²) in [7, 11) is 2.05. The molecule has 3 atom stereocenters. The summed E-state index contributed by atoms with van der Waals surface area (Å²) in [6.07, 6.45) is 1.18. The molecular formula is C5H10BN3O. The van der Waals surface area contributed by atoms with E-state index in [1.807, 2.05) is 0 Å². The van der Waals surface area contributed by atoms with Crippen LogP contribution in [0.1, 0.15) is 12.8 Å². The number of nitrogens with zero attached hydrogens (tertiary/aromatic N) is 3. The highest BCUT2D eigenvalue weighted by Gasteiger charge is 2.28. The van der Waals surface area contributed by atoms with Crippen LogP contribution in [-0.4, -0.2) is 25.1 Å². The van der Waals surface area contributed by atoms with Crippen LogP contribution in [0.25, 0.3) is 10.4 Å². The summed E-state index contributed by atoms with van der Waals surface area (Å²) in [6, 6.07) is -0.181. The second kappa shape index (κ2) is 2.95. The van der Waals surface area contributed by atoms with Crippen molar-refractivity contribution in [2.75, 3.05) is 0 Å². The molecular weight excluding hydrogens is 129 g/mol. The van der Waals surface area contributed by atoms with Crippen molar-refractivity contribution in [2.24, 2.45) is 5.11 Å². The maximum absolute atomic E-state index is 9.23. The van der Waals surface area contributed by atoms with Crippen molar-refractivity contribution < 1.29 is 5.11 Å². The lowest BCUT2D eigenvalue weighted by Gasteiger charge is -2.04. The Morgan fingerprint density at radius 2 is 2.30 bits per heavy atom. The second-order valence-corrected chi connectivity index (χ2v) is 2.92. The zero-order valence-corrected chi connectivity index (χ0v) is 5.94. The van der Waals surface area contributed by atoms with Gasteiger partial charge in [0.1, 0.15) is 7.85 Å². The zero-order chi connectivity index (χ0) is 7.56. The molecule has 1 fully saturated rings. The summed E-state index contributed by atoms with van der Waals surface area (Å²) < 4.78 is 0. The lowest BCUT2D eigenvalue weighted by molar-refractivity contribution is 0.165. The molecule has 1 N–H and O–H groups in total. The van der Waals surface area contributed by atoms with Crippen molar-refractivity contribution in [3.8, 4) is 0 Å². The van der Waals surface area contributed by atoms with Crippen molar-refractivity contribution in [3.05, 3.63) is 10.4 Å². The molecule has 0 aromatic heterocycles. The van der Waals surface area contributed by atoms with E-state index in [4.69, 9.17) is 5.53 Å². The molecule has 1 aliphatic carbocycles. The number of hydrogen-bond donors (Lipinski definition) is 1. The normalized spacial score (nSPS) is 39.1. The van der Waals surface area contributed by atoms with E-state index in [1.54, 1.807) is 0 Å². The molecule has 10 heavy (non-hydrogen) atoms. The first kappa shape index (κ1) is 7.44. The van der Waals surface area contributed by atoms with Gasteiger partial charge in [-0.3, -0.25) is 0 Å². The van der Waals surface area contributed by atoms with E-state index < -0.39 is 6.10 Å². The van der Waals surface area contributed by atoms with Gasteiger partial charge in [0, 0.05) is 4.91 Å². The predicted octanol–water partition coefficient (Wildman–Crippen LogP) is 0.242. The van der Waals surface area contributed by atoms with Crippen molar-refractivity contribution >= 4 is 7.85 Å². The Kier molecular flexibility index (Phi) is 2.19. The third-order valence-electron chi connectivity index (χ3n) is 1.93. The molecule has 0 radical (unpaired) electrons. The van der Waals surface area contributed by atoms with Crippen molar-refractivity contribution in [1.29, 1.82) is 0 Å².